The van der Waals surface area contributed by atoms with E-state index in [-0.39, 0.29) is 36.6 Å². The van der Waals surface area contributed by atoms with Gasteiger partial charge in [-0.15, -0.1) is 0 Å². The second-order valence-corrected chi connectivity index (χ2v) is 6.26. The van der Waals surface area contributed by atoms with E-state index in [0.29, 0.717) is 13.1 Å². The Balaban J connectivity index is 1.89. The van der Waals surface area contributed by atoms with Crippen LogP contribution in [0.4, 0.5) is 0 Å². The molecule has 0 aliphatic carbocycles. The van der Waals surface area contributed by atoms with Gasteiger partial charge in [0, 0.05) is 0 Å². The molecule has 0 bridgehead atoms. The summed E-state index contributed by atoms with van der Waals surface area (Å²) in [5.74, 6) is -0.819. The summed E-state index contributed by atoms with van der Waals surface area (Å²) in [7, 11) is 0. The van der Waals surface area contributed by atoms with E-state index in [2.05, 4.69) is 0 Å². The van der Waals surface area contributed by atoms with Crippen molar-refractivity contribution in [2.45, 2.75) is 45.5 Å². The first-order valence-electron chi connectivity index (χ1n) is 7.03. The van der Waals surface area contributed by atoms with Crippen LogP contribution < -0.4 is 0 Å². The van der Waals surface area contributed by atoms with E-state index in [1.54, 1.807) is 4.90 Å². The highest BCUT2D eigenvalue weighted by Gasteiger charge is 2.49. The number of carboxylic acids is 1. The van der Waals surface area contributed by atoms with Crippen molar-refractivity contribution < 1.29 is 24.2 Å². The van der Waals surface area contributed by atoms with E-state index in [4.69, 9.17) is 14.6 Å². The molecular weight excluding hydrogens is 262 g/mol. The lowest BCUT2D eigenvalue weighted by Crippen LogP contribution is -2.65. The molecule has 20 heavy (non-hydrogen) atoms. The average Bonchev–Trinajstić information content (AvgIpc) is 2.56. The van der Waals surface area contributed by atoms with Crippen molar-refractivity contribution in [2.24, 2.45) is 11.8 Å². The van der Waals surface area contributed by atoms with Crippen LogP contribution in [0.1, 0.15) is 27.7 Å². The highest BCUT2D eigenvalue weighted by Crippen LogP contribution is 2.36. The first-order valence-corrected chi connectivity index (χ1v) is 7.03. The fourth-order valence-electron chi connectivity index (χ4n) is 3.15. The molecule has 6 heteroatoms. The standard InChI is InChI=1S/C14H23NO5/c1-8-9(2)20-10(3)12(8)13(18)15-6-14(4,7-15)19-5-11(16)17/h8-10,12H,5-7H2,1-4H3,(H,16,17). The molecule has 0 aromatic carbocycles. The SMILES string of the molecule is CC1OC(C)C(C(=O)N2CC(C)(OCC(=O)O)C2)C1C. The number of ether oxygens (including phenoxy) is 2. The third-order valence-electron chi connectivity index (χ3n) is 4.43. The number of hydrogen-bond acceptors (Lipinski definition) is 4. The molecule has 0 saturated carbocycles. The maximum Gasteiger partial charge on any atom is 0.329 e. The van der Waals surface area contributed by atoms with Crippen LogP contribution >= 0.6 is 0 Å². The third-order valence-corrected chi connectivity index (χ3v) is 4.43. The minimum absolute atomic E-state index is 0.0701. The molecule has 0 spiro atoms. The Morgan fingerprint density at radius 2 is 1.90 bits per heavy atom. The molecule has 2 saturated heterocycles. The van der Waals surface area contributed by atoms with Crippen molar-refractivity contribution >= 4 is 11.9 Å². The third kappa shape index (κ3) is 2.81. The fraction of sp³-hybridized carbons (Fsp3) is 0.857. The summed E-state index contributed by atoms with van der Waals surface area (Å²) < 4.78 is 11.0. The number of rotatable bonds is 4. The topological polar surface area (TPSA) is 76.1 Å². The number of amides is 1. The number of carbonyl (C=O) groups is 2. The van der Waals surface area contributed by atoms with Gasteiger partial charge in [-0.2, -0.15) is 0 Å². The van der Waals surface area contributed by atoms with Crippen LogP contribution in [-0.4, -0.2) is 59.4 Å². The van der Waals surface area contributed by atoms with Gasteiger partial charge in [-0.25, -0.2) is 4.79 Å². The second-order valence-electron chi connectivity index (χ2n) is 6.26. The zero-order valence-corrected chi connectivity index (χ0v) is 12.5. The van der Waals surface area contributed by atoms with Gasteiger partial charge in [0.25, 0.3) is 0 Å². The molecule has 114 valence electrons. The Morgan fingerprint density at radius 1 is 1.30 bits per heavy atom. The van der Waals surface area contributed by atoms with Crippen molar-refractivity contribution in [3.63, 3.8) is 0 Å². The highest BCUT2D eigenvalue weighted by atomic mass is 16.5. The molecule has 4 unspecified atom stereocenters. The Labute approximate surface area is 119 Å². The van der Waals surface area contributed by atoms with Crippen molar-refractivity contribution in [2.75, 3.05) is 19.7 Å². The molecule has 2 fully saturated rings. The minimum atomic E-state index is -0.990. The van der Waals surface area contributed by atoms with Gasteiger partial charge < -0.3 is 19.5 Å². The van der Waals surface area contributed by atoms with Gasteiger partial charge in [0.05, 0.1) is 31.2 Å². The molecule has 2 heterocycles. The van der Waals surface area contributed by atoms with E-state index < -0.39 is 11.6 Å². The molecule has 1 amide bonds. The molecule has 0 aromatic rings. The summed E-state index contributed by atoms with van der Waals surface area (Å²) in [6, 6.07) is 0. The van der Waals surface area contributed by atoms with E-state index in [0.717, 1.165) is 0 Å². The minimum Gasteiger partial charge on any atom is -0.480 e. The molecule has 4 atom stereocenters. The Kier molecular flexibility index (Phi) is 4.07. The fourth-order valence-corrected chi connectivity index (χ4v) is 3.15. The maximum atomic E-state index is 12.5. The van der Waals surface area contributed by atoms with Gasteiger partial charge in [0.1, 0.15) is 12.2 Å². The first kappa shape index (κ1) is 15.3. The van der Waals surface area contributed by atoms with E-state index in [1.807, 2.05) is 27.7 Å². The van der Waals surface area contributed by atoms with Gasteiger partial charge in [0.2, 0.25) is 5.91 Å². The van der Waals surface area contributed by atoms with Crippen LogP contribution in [0.5, 0.6) is 0 Å². The molecule has 0 aromatic heterocycles. The lowest BCUT2D eigenvalue weighted by molar-refractivity contribution is -0.176. The smallest absolute Gasteiger partial charge is 0.329 e. The van der Waals surface area contributed by atoms with Crippen molar-refractivity contribution in [3.05, 3.63) is 0 Å². The number of carbonyl (C=O) groups excluding carboxylic acids is 1. The summed E-state index contributed by atoms with van der Waals surface area (Å²) in [6.45, 7) is 8.37. The Hall–Kier alpha value is -1.14. The molecule has 0 radical (unpaired) electrons. The molecule has 6 nitrogen and oxygen atoms in total. The van der Waals surface area contributed by atoms with Crippen molar-refractivity contribution in [3.8, 4) is 0 Å². The molecule has 2 aliphatic heterocycles. The number of hydrogen-bond donors (Lipinski definition) is 1. The maximum absolute atomic E-state index is 12.5. The number of likely N-dealkylation sites (tertiary alicyclic amines) is 1. The van der Waals surface area contributed by atoms with Crippen molar-refractivity contribution in [1.82, 2.24) is 4.90 Å². The molecular formula is C14H23NO5. The number of aliphatic carboxylic acids is 1. The zero-order valence-electron chi connectivity index (χ0n) is 12.5. The highest BCUT2D eigenvalue weighted by molar-refractivity contribution is 5.81. The summed E-state index contributed by atoms with van der Waals surface area (Å²) in [4.78, 5) is 24.7. The predicted molar refractivity (Wildman–Crippen MR) is 71.2 cm³/mol. The van der Waals surface area contributed by atoms with Gasteiger partial charge in [-0.1, -0.05) is 6.92 Å². The number of nitrogens with zero attached hydrogens (tertiary/aromatic N) is 1. The summed E-state index contributed by atoms with van der Waals surface area (Å²) >= 11 is 0. The van der Waals surface area contributed by atoms with Crippen LogP contribution in [-0.2, 0) is 19.1 Å². The van der Waals surface area contributed by atoms with Crippen LogP contribution in [0.15, 0.2) is 0 Å². The normalized spacial score (nSPS) is 35.7. The molecule has 2 aliphatic rings. The summed E-state index contributed by atoms with van der Waals surface area (Å²) in [6.07, 6.45) is 0.0224. The van der Waals surface area contributed by atoms with Crippen LogP contribution in [0.3, 0.4) is 0 Å². The van der Waals surface area contributed by atoms with Crippen LogP contribution in [0, 0.1) is 11.8 Å². The predicted octanol–water partition coefficient (Wildman–Crippen LogP) is 0.748. The van der Waals surface area contributed by atoms with E-state index in [9.17, 15) is 9.59 Å². The zero-order chi connectivity index (χ0) is 15.1. The monoisotopic (exact) mass is 285 g/mol. The lowest BCUT2D eigenvalue weighted by atomic mass is 9.85. The molecule has 1 N–H and O–H groups in total. The van der Waals surface area contributed by atoms with Crippen molar-refractivity contribution in [1.29, 1.82) is 0 Å². The van der Waals surface area contributed by atoms with E-state index in [1.165, 1.54) is 0 Å². The van der Waals surface area contributed by atoms with Gasteiger partial charge >= 0.3 is 5.97 Å². The average molecular weight is 285 g/mol. The van der Waals surface area contributed by atoms with E-state index >= 15 is 0 Å². The first-order chi connectivity index (χ1) is 9.23. The van der Waals surface area contributed by atoms with Gasteiger partial charge in [-0.3, -0.25) is 4.79 Å². The lowest BCUT2D eigenvalue weighted by Gasteiger charge is -2.48. The van der Waals surface area contributed by atoms with Gasteiger partial charge in [-0.05, 0) is 26.7 Å². The second kappa shape index (κ2) is 5.33. The summed E-state index contributed by atoms with van der Waals surface area (Å²) in [5.41, 5.74) is -0.536. The van der Waals surface area contributed by atoms with Crippen LogP contribution in [0.25, 0.3) is 0 Å². The molecule has 2 rings (SSSR count). The Morgan fingerprint density at radius 3 is 2.35 bits per heavy atom. The largest absolute Gasteiger partial charge is 0.480 e. The summed E-state index contributed by atoms with van der Waals surface area (Å²) in [5, 5.41) is 8.62. The number of carboxylic acid groups (broad SMARTS) is 1. The van der Waals surface area contributed by atoms with Crippen LogP contribution in [0.2, 0.25) is 0 Å². The Bertz CT molecular complexity index is 404. The quantitative estimate of drug-likeness (QED) is 0.825. The van der Waals surface area contributed by atoms with Gasteiger partial charge in [0.15, 0.2) is 0 Å².